The van der Waals surface area contributed by atoms with Gasteiger partial charge in [0.1, 0.15) is 37.4 Å². The number of oxime groups is 1. The standard InChI is InChI=1S/C22H29N5O8S.ClH/c1-4-26(5-2)8-10-34-21(30)17-13(11-35-22(23)31)12-36-20-16(19(29)27(17)20)24-18(28)15(25-32-3)14-7-6-9-33-14;/h6-7,9,16,20H,4-5,8,10-12H2,1-3H3,(H2,23,31)(H,24,28);1H/b25-15-;. The van der Waals surface area contributed by atoms with Gasteiger partial charge < -0.3 is 34.7 Å². The Morgan fingerprint density at radius 2 is 2.03 bits per heavy atom. The zero-order chi connectivity index (χ0) is 26.2. The Kier molecular flexibility index (Phi) is 11.3. The van der Waals surface area contributed by atoms with Gasteiger partial charge in [-0.3, -0.25) is 14.5 Å². The van der Waals surface area contributed by atoms with Crippen molar-refractivity contribution >= 4 is 53.8 Å². The summed E-state index contributed by atoms with van der Waals surface area (Å²) in [5.74, 6) is -1.50. The number of hydrogen-bond acceptors (Lipinski definition) is 11. The second-order valence-electron chi connectivity index (χ2n) is 7.68. The molecule has 1 aromatic heterocycles. The predicted molar refractivity (Wildman–Crippen MR) is 136 cm³/mol. The van der Waals surface area contributed by atoms with Crippen molar-refractivity contribution in [1.29, 1.82) is 0 Å². The van der Waals surface area contributed by atoms with Gasteiger partial charge >= 0.3 is 12.1 Å². The van der Waals surface area contributed by atoms with E-state index in [9.17, 15) is 19.2 Å². The molecule has 2 atom stereocenters. The summed E-state index contributed by atoms with van der Waals surface area (Å²) in [6.45, 7) is 5.97. The van der Waals surface area contributed by atoms with E-state index in [2.05, 4.69) is 15.4 Å². The molecule has 204 valence electrons. The van der Waals surface area contributed by atoms with E-state index in [0.717, 1.165) is 13.1 Å². The van der Waals surface area contributed by atoms with Crippen LogP contribution in [0.15, 0.2) is 39.2 Å². The fourth-order valence-electron chi connectivity index (χ4n) is 3.73. The molecule has 0 aliphatic carbocycles. The number of hydrogen-bond donors (Lipinski definition) is 2. The Bertz CT molecular complexity index is 1040. The van der Waals surface area contributed by atoms with Gasteiger partial charge in [-0.25, -0.2) is 9.59 Å². The number of esters is 1. The number of carbonyl (C=O) groups is 4. The van der Waals surface area contributed by atoms with Crippen molar-refractivity contribution in [3.05, 3.63) is 35.4 Å². The summed E-state index contributed by atoms with van der Waals surface area (Å²) >= 11 is 1.30. The summed E-state index contributed by atoms with van der Waals surface area (Å²) in [5.41, 5.74) is 5.32. The highest BCUT2D eigenvalue weighted by Gasteiger charge is 2.54. The molecule has 13 nitrogen and oxygen atoms in total. The zero-order valence-electron chi connectivity index (χ0n) is 20.6. The molecule has 3 N–H and O–H groups in total. The fourth-order valence-corrected chi connectivity index (χ4v) is 5.06. The third-order valence-corrected chi connectivity index (χ3v) is 6.94. The van der Waals surface area contributed by atoms with Crippen LogP contribution in [0.2, 0.25) is 0 Å². The number of furan rings is 1. The monoisotopic (exact) mass is 559 g/mol. The van der Waals surface area contributed by atoms with E-state index in [4.69, 9.17) is 24.5 Å². The van der Waals surface area contributed by atoms with Crippen LogP contribution < -0.4 is 11.1 Å². The first-order valence-corrected chi connectivity index (χ1v) is 12.3. The molecule has 0 saturated carbocycles. The number of halogens is 1. The van der Waals surface area contributed by atoms with Crippen molar-refractivity contribution in [3.8, 4) is 0 Å². The Morgan fingerprint density at radius 3 is 2.62 bits per heavy atom. The summed E-state index contributed by atoms with van der Waals surface area (Å²) < 4.78 is 15.5. The largest absolute Gasteiger partial charge is 0.462 e. The van der Waals surface area contributed by atoms with Gasteiger partial charge in [0.2, 0.25) is 5.71 Å². The molecule has 1 aromatic rings. The maximum atomic E-state index is 13.1. The molecule has 3 rings (SSSR count). The summed E-state index contributed by atoms with van der Waals surface area (Å²) in [7, 11) is 1.28. The highest BCUT2D eigenvalue weighted by Crippen LogP contribution is 2.40. The van der Waals surface area contributed by atoms with Crippen LogP contribution in [0.5, 0.6) is 0 Å². The van der Waals surface area contributed by atoms with E-state index in [1.165, 1.54) is 36.1 Å². The van der Waals surface area contributed by atoms with E-state index >= 15 is 0 Å². The van der Waals surface area contributed by atoms with Crippen LogP contribution in [-0.4, -0.2) is 96.5 Å². The van der Waals surface area contributed by atoms with Crippen LogP contribution >= 0.6 is 24.2 Å². The number of nitrogens with zero attached hydrogens (tertiary/aromatic N) is 3. The van der Waals surface area contributed by atoms with Crippen molar-refractivity contribution in [1.82, 2.24) is 15.1 Å². The van der Waals surface area contributed by atoms with Crippen LogP contribution in [0.25, 0.3) is 0 Å². The minimum absolute atomic E-state index is 0. The van der Waals surface area contributed by atoms with Crippen LogP contribution in [0, 0.1) is 0 Å². The lowest BCUT2D eigenvalue weighted by Gasteiger charge is -2.49. The number of ether oxygens (including phenoxy) is 2. The van der Waals surface area contributed by atoms with Gasteiger partial charge in [-0.1, -0.05) is 19.0 Å². The molecule has 1 saturated heterocycles. The van der Waals surface area contributed by atoms with Crippen molar-refractivity contribution in [2.24, 2.45) is 10.9 Å². The highest BCUT2D eigenvalue weighted by molar-refractivity contribution is 8.00. The first kappa shape index (κ1) is 30.0. The van der Waals surface area contributed by atoms with E-state index in [1.54, 1.807) is 6.07 Å². The molecule has 15 heteroatoms. The van der Waals surface area contributed by atoms with Crippen molar-refractivity contribution in [3.63, 3.8) is 0 Å². The minimum atomic E-state index is -1.01. The SMILES string of the molecule is CCN(CC)CCOC(=O)C1=C(COC(N)=O)CSC2C(NC(=O)/C(=N\OC)c3ccco3)C(=O)N12.Cl. The normalized spacial score (nSPS) is 19.0. The van der Waals surface area contributed by atoms with Gasteiger partial charge in [0, 0.05) is 17.9 Å². The van der Waals surface area contributed by atoms with Gasteiger partial charge in [-0.15, -0.1) is 24.2 Å². The Labute approximate surface area is 224 Å². The lowest BCUT2D eigenvalue weighted by Crippen LogP contribution is -2.71. The average Bonchev–Trinajstić information content (AvgIpc) is 3.40. The first-order chi connectivity index (χ1) is 17.3. The topological polar surface area (TPSA) is 166 Å². The van der Waals surface area contributed by atoms with E-state index < -0.39 is 35.3 Å². The summed E-state index contributed by atoms with van der Waals surface area (Å²) in [4.78, 5) is 58.1. The summed E-state index contributed by atoms with van der Waals surface area (Å²) in [5, 5.41) is 5.75. The Balaban J connectivity index is 0.00000481. The van der Waals surface area contributed by atoms with Crippen molar-refractivity contribution < 1.29 is 37.9 Å². The van der Waals surface area contributed by atoms with Crippen LogP contribution in [0.1, 0.15) is 19.6 Å². The number of primary amides is 1. The number of β-lactam (4-membered cyclic amide) rings is 1. The zero-order valence-corrected chi connectivity index (χ0v) is 22.3. The number of rotatable bonds is 12. The number of nitrogens with one attached hydrogen (secondary N) is 1. The van der Waals surface area contributed by atoms with Gasteiger partial charge in [-0.05, 0) is 25.2 Å². The van der Waals surface area contributed by atoms with Crippen LogP contribution in [-0.2, 0) is 28.7 Å². The Morgan fingerprint density at radius 1 is 1.30 bits per heavy atom. The third-order valence-electron chi connectivity index (χ3n) is 5.60. The quantitative estimate of drug-likeness (QED) is 0.161. The van der Waals surface area contributed by atoms with Gasteiger partial charge in [0.05, 0.1) is 6.26 Å². The molecule has 37 heavy (non-hydrogen) atoms. The molecule has 0 spiro atoms. The number of carbonyl (C=O) groups excluding carboxylic acids is 4. The Hall–Kier alpha value is -3.23. The molecule has 2 aliphatic heterocycles. The van der Waals surface area contributed by atoms with Crippen LogP contribution in [0.3, 0.4) is 0 Å². The molecular weight excluding hydrogens is 530 g/mol. The molecular formula is C22H30ClN5O8S. The molecule has 0 radical (unpaired) electrons. The fraction of sp³-hybridized carbons (Fsp3) is 0.500. The molecule has 0 bridgehead atoms. The molecule has 3 heterocycles. The van der Waals surface area contributed by atoms with Gasteiger partial charge in [-0.2, -0.15) is 0 Å². The third kappa shape index (κ3) is 6.96. The van der Waals surface area contributed by atoms with Gasteiger partial charge in [0.15, 0.2) is 5.76 Å². The second-order valence-corrected chi connectivity index (χ2v) is 8.79. The maximum Gasteiger partial charge on any atom is 0.404 e. The van der Waals surface area contributed by atoms with Crippen molar-refractivity contribution in [2.75, 3.05) is 45.7 Å². The lowest BCUT2D eigenvalue weighted by molar-refractivity contribution is -0.152. The summed E-state index contributed by atoms with van der Waals surface area (Å²) in [6.07, 6.45) is 0.367. The molecule has 1 fully saturated rings. The molecule has 0 aromatic carbocycles. The average molecular weight is 560 g/mol. The first-order valence-electron chi connectivity index (χ1n) is 11.3. The van der Waals surface area contributed by atoms with E-state index in [0.29, 0.717) is 12.1 Å². The lowest BCUT2D eigenvalue weighted by atomic mass is 10.0. The number of likely N-dealkylation sites (N-methyl/N-ethyl adjacent to an activating group) is 1. The molecule has 2 aliphatic rings. The highest BCUT2D eigenvalue weighted by atomic mass is 35.5. The van der Waals surface area contributed by atoms with Crippen molar-refractivity contribution in [2.45, 2.75) is 25.3 Å². The molecule has 3 amide bonds. The predicted octanol–water partition coefficient (Wildman–Crippen LogP) is 0.686. The number of fused-ring (bicyclic) bond motifs is 1. The van der Waals surface area contributed by atoms with Crippen LogP contribution in [0.4, 0.5) is 4.79 Å². The smallest absolute Gasteiger partial charge is 0.404 e. The van der Waals surface area contributed by atoms with E-state index in [-0.39, 0.29) is 48.5 Å². The second kappa shape index (κ2) is 13.9. The maximum absolute atomic E-state index is 13.1. The molecule has 2 unspecified atom stereocenters. The number of nitrogens with two attached hydrogens (primary N) is 1. The van der Waals surface area contributed by atoms with Gasteiger partial charge in [0.25, 0.3) is 11.8 Å². The number of thioether (sulfide) groups is 1. The number of amides is 3. The van der Waals surface area contributed by atoms with E-state index in [1.807, 2.05) is 13.8 Å². The minimum Gasteiger partial charge on any atom is -0.462 e. The summed E-state index contributed by atoms with van der Waals surface area (Å²) in [6, 6.07) is 2.18.